The summed E-state index contributed by atoms with van der Waals surface area (Å²) >= 11 is 0. The third-order valence-corrected chi connectivity index (χ3v) is 4.09. The monoisotopic (exact) mass is 263 g/mol. The Balaban J connectivity index is 1.78. The van der Waals surface area contributed by atoms with Gasteiger partial charge in [-0.15, -0.1) is 0 Å². The average molecular weight is 263 g/mol. The van der Waals surface area contributed by atoms with Gasteiger partial charge in [-0.2, -0.15) is 0 Å². The molecule has 1 atom stereocenters. The normalized spacial score (nSPS) is 24.1. The first-order valence-corrected chi connectivity index (χ1v) is 6.88. The van der Waals surface area contributed by atoms with E-state index in [-0.39, 0.29) is 11.5 Å². The lowest BCUT2D eigenvalue weighted by molar-refractivity contribution is 0.0738. The van der Waals surface area contributed by atoms with E-state index in [0.717, 1.165) is 38.7 Å². The van der Waals surface area contributed by atoms with Crippen LogP contribution in [0.4, 0.5) is 4.39 Å². The summed E-state index contributed by atoms with van der Waals surface area (Å²) in [6.45, 7) is 3.62. The number of carbonyl (C=O) groups is 1. The van der Waals surface area contributed by atoms with Crippen molar-refractivity contribution in [2.24, 2.45) is 0 Å². The average Bonchev–Trinajstić information content (AvgIpc) is 2.76. The Morgan fingerprint density at radius 3 is 3.00 bits per heavy atom. The van der Waals surface area contributed by atoms with Crippen molar-refractivity contribution in [2.45, 2.75) is 25.3 Å². The molecule has 1 unspecified atom stereocenters. The van der Waals surface area contributed by atoms with Crippen LogP contribution in [0, 0.1) is 5.82 Å². The van der Waals surface area contributed by atoms with Gasteiger partial charge in [-0.1, -0.05) is 0 Å². The van der Waals surface area contributed by atoms with Crippen LogP contribution in [0.15, 0.2) is 18.5 Å². The molecule has 5 heteroatoms. The topological polar surface area (TPSA) is 36.4 Å². The molecule has 2 aliphatic heterocycles. The van der Waals surface area contributed by atoms with Gasteiger partial charge in [0.1, 0.15) is 0 Å². The molecule has 2 aliphatic rings. The Morgan fingerprint density at radius 2 is 2.16 bits per heavy atom. The van der Waals surface area contributed by atoms with E-state index < -0.39 is 5.82 Å². The molecule has 0 aromatic carbocycles. The molecule has 2 saturated heterocycles. The van der Waals surface area contributed by atoms with Crippen molar-refractivity contribution in [3.05, 3.63) is 29.8 Å². The molecule has 2 fully saturated rings. The fraction of sp³-hybridized carbons (Fsp3) is 0.571. The molecule has 0 N–H and O–H groups in total. The van der Waals surface area contributed by atoms with Crippen LogP contribution in [0.5, 0.6) is 0 Å². The quantitative estimate of drug-likeness (QED) is 0.771. The number of aromatic nitrogens is 1. The van der Waals surface area contributed by atoms with Crippen LogP contribution < -0.4 is 0 Å². The Morgan fingerprint density at radius 1 is 1.32 bits per heavy atom. The predicted molar refractivity (Wildman–Crippen MR) is 69.3 cm³/mol. The zero-order valence-corrected chi connectivity index (χ0v) is 10.9. The molecule has 0 aliphatic carbocycles. The zero-order chi connectivity index (χ0) is 13.2. The number of hydrogen-bond acceptors (Lipinski definition) is 3. The van der Waals surface area contributed by atoms with Gasteiger partial charge in [0, 0.05) is 31.9 Å². The fourth-order valence-electron chi connectivity index (χ4n) is 3.11. The third-order valence-electron chi connectivity index (χ3n) is 4.09. The maximum atomic E-state index is 13.6. The van der Waals surface area contributed by atoms with Crippen molar-refractivity contribution in [2.75, 3.05) is 26.2 Å². The van der Waals surface area contributed by atoms with Crippen molar-refractivity contribution in [3.63, 3.8) is 0 Å². The van der Waals surface area contributed by atoms with Gasteiger partial charge >= 0.3 is 0 Å². The second-order valence-electron chi connectivity index (χ2n) is 5.29. The lowest BCUT2D eigenvalue weighted by Gasteiger charge is -2.25. The van der Waals surface area contributed by atoms with Gasteiger partial charge in [0.2, 0.25) is 0 Å². The zero-order valence-electron chi connectivity index (χ0n) is 10.9. The number of hydrogen-bond donors (Lipinski definition) is 0. The minimum atomic E-state index is -0.528. The highest BCUT2D eigenvalue weighted by Gasteiger charge is 2.31. The largest absolute Gasteiger partial charge is 0.337 e. The van der Waals surface area contributed by atoms with Gasteiger partial charge < -0.3 is 4.90 Å². The Bertz CT molecular complexity index is 480. The minimum Gasteiger partial charge on any atom is -0.337 e. The van der Waals surface area contributed by atoms with Crippen LogP contribution in [-0.4, -0.2) is 52.9 Å². The summed E-state index contributed by atoms with van der Waals surface area (Å²) in [7, 11) is 0. The second kappa shape index (κ2) is 5.25. The molecular formula is C14H18FN3O. The second-order valence-corrected chi connectivity index (χ2v) is 5.29. The molecule has 0 bridgehead atoms. The van der Waals surface area contributed by atoms with Crippen LogP contribution >= 0.6 is 0 Å². The molecule has 3 heterocycles. The van der Waals surface area contributed by atoms with E-state index in [1.807, 2.05) is 0 Å². The number of pyridine rings is 1. The van der Waals surface area contributed by atoms with Crippen molar-refractivity contribution >= 4 is 5.91 Å². The van der Waals surface area contributed by atoms with E-state index in [1.165, 1.54) is 18.7 Å². The smallest absolute Gasteiger partial charge is 0.256 e. The van der Waals surface area contributed by atoms with Crippen LogP contribution in [-0.2, 0) is 0 Å². The molecule has 102 valence electrons. The van der Waals surface area contributed by atoms with E-state index in [2.05, 4.69) is 9.88 Å². The summed E-state index contributed by atoms with van der Waals surface area (Å²) in [5, 5.41) is 0. The molecule has 0 saturated carbocycles. The van der Waals surface area contributed by atoms with Gasteiger partial charge in [0.15, 0.2) is 5.82 Å². The first-order chi connectivity index (χ1) is 9.25. The van der Waals surface area contributed by atoms with Crippen LogP contribution in [0.25, 0.3) is 0 Å². The summed E-state index contributed by atoms with van der Waals surface area (Å²) in [5.74, 6) is -0.728. The number of halogens is 1. The van der Waals surface area contributed by atoms with Crippen molar-refractivity contribution in [1.29, 1.82) is 0 Å². The molecule has 3 rings (SSSR count). The Hall–Kier alpha value is -1.49. The van der Waals surface area contributed by atoms with Gasteiger partial charge in [-0.3, -0.25) is 14.7 Å². The lowest BCUT2D eigenvalue weighted by atomic mass is 10.2. The number of rotatable bonds is 1. The Kier molecular flexibility index (Phi) is 3.46. The number of nitrogens with zero attached hydrogens (tertiary/aromatic N) is 3. The van der Waals surface area contributed by atoms with Crippen molar-refractivity contribution in [3.8, 4) is 0 Å². The van der Waals surface area contributed by atoms with E-state index in [9.17, 15) is 9.18 Å². The lowest BCUT2D eigenvalue weighted by Crippen LogP contribution is -2.39. The van der Waals surface area contributed by atoms with Crippen LogP contribution in [0.3, 0.4) is 0 Å². The number of carbonyl (C=O) groups excluding carboxylic acids is 1. The molecule has 1 amide bonds. The Labute approximate surface area is 112 Å². The third kappa shape index (κ3) is 2.47. The summed E-state index contributed by atoms with van der Waals surface area (Å²) in [4.78, 5) is 20.3. The predicted octanol–water partition coefficient (Wildman–Crippen LogP) is 1.53. The van der Waals surface area contributed by atoms with Gasteiger partial charge in [-0.05, 0) is 31.9 Å². The molecular weight excluding hydrogens is 245 g/mol. The summed E-state index contributed by atoms with van der Waals surface area (Å²) in [6, 6.07) is 1.92. The van der Waals surface area contributed by atoms with E-state index in [1.54, 1.807) is 4.90 Å². The van der Waals surface area contributed by atoms with Crippen LogP contribution in [0.2, 0.25) is 0 Å². The summed E-state index contributed by atoms with van der Waals surface area (Å²) < 4.78 is 13.6. The minimum absolute atomic E-state index is 0.140. The molecule has 4 nitrogen and oxygen atoms in total. The molecule has 1 aromatic rings. The maximum absolute atomic E-state index is 13.6. The standard InChI is InChI=1S/C14H18FN3O/c15-13-9-16-5-4-12(13)14(19)18-8-2-7-17-6-1-3-11(17)10-18/h4-5,9,11H,1-3,6-8,10H2. The first-order valence-electron chi connectivity index (χ1n) is 6.88. The summed E-state index contributed by atoms with van der Waals surface area (Å²) in [6.07, 6.45) is 5.89. The SMILES string of the molecule is O=C(c1ccncc1F)N1CCCN2CCCC2C1. The highest BCUT2D eigenvalue weighted by atomic mass is 19.1. The van der Waals surface area contributed by atoms with E-state index in [4.69, 9.17) is 0 Å². The fourth-order valence-corrected chi connectivity index (χ4v) is 3.11. The molecule has 19 heavy (non-hydrogen) atoms. The van der Waals surface area contributed by atoms with Crippen LogP contribution in [0.1, 0.15) is 29.6 Å². The van der Waals surface area contributed by atoms with E-state index >= 15 is 0 Å². The van der Waals surface area contributed by atoms with Crippen molar-refractivity contribution in [1.82, 2.24) is 14.8 Å². The molecule has 1 aromatic heterocycles. The van der Waals surface area contributed by atoms with Crippen molar-refractivity contribution < 1.29 is 9.18 Å². The molecule has 0 spiro atoms. The van der Waals surface area contributed by atoms with Gasteiger partial charge in [0.05, 0.1) is 11.8 Å². The summed E-state index contributed by atoms with van der Waals surface area (Å²) in [5.41, 5.74) is 0.140. The van der Waals surface area contributed by atoms with Gasteiger partial charge in [-0.25, -0.2) is 4.39 Å². The maximum Gasteiger partial charge on any atom is 0.256 e. The number of amides is 1. The first kappa shape index (κ1) is 12.5. The highest BCUT2D eigenvalue weighted by molar-refractivity contribution is 5.94. The van der Waals surface area contributed by atoms with Gasteiger partial charge in [0.25, 0.3) is 5.91 Å². The molecule has 0 radical (unpaired) electrons. The number of fused-ring (bicyclic) bond motifs is 1. The highest BCUT2D eigenvalue weighted by Crippen LogP contribution is 2.22. The van der Waals surface area contributed by atoms with E-state index in [0.29, 0.717) is 12.6 Å².